The van der Waals surface area contributed by atoms with Crippen molar-refractivity contribution in [2.24, 2.45) is 9.98 Å². The lowest BCUT2D eigenvalue weighted by atomic mass is 9.96. The fourth-order valence-corrected chi connectivity index (χ4v) is 2.01. The molecule has 1 N–H and O–H groups in total. The van der Waals surface area contributed by atoms with E-state index < -0.39 is 0 Å². The first-order chi connectivity index (χ1) is 6.45. The van der Waals surface area contributed by atoms with Crippen molar-refractivity contribution in [3.05, 3.63) is 22.9 Å². The molecule has 3 nitrogen and oxygen atoms in total. The van der Waals surface area contributed by atoms with Gasteiger partial charge in [0.15, 0.2) is 6.17 Å². The van der Waals surface area contributed by atoms with Crippen molar-refractivity contribution < 1.29 is 0 Å². The van der Waals surface area contributed by atoms with E-state index in [-0.39, 0.29) is 6.17 Å². The lowest BCUT2D eigenvalue weighted by Gasteiger charge is -2.25. The minimum atomic E-state index is 0.0457. The highest BCUT2D eigenvalue weighted by atomic mass is 15.0. The molecule has 0 bridgehead atoms. The molecule has 0 spiro atoms. The SMILES string of the molecule is C1=NC2N=CC3=C(NCCC3)C2=C1. The van der Waals surface area contributed by atoms with Gasteiger partial charge in [-0.1, -0.05) is 0 Å². The average molecular weight is 173 g/mol. The maximum Gasteiger partial charge on any atom is 0.167 e. The molecule has 0 aromatic heterocycles. The lowest BCUT2D eigenvalue weighted by Crippen LogP contribution is -2.28. The largest absolute Gasteiger partial charge is 0.384 e. The van der Waals surface area contributed by atoms with E-state index in [2.05, 4.69) is 21.4 Å². The summed E-state index contributed by atoms with van der Waals surface area (Å²) in [5.74, 6) is 0. The van der Waals surface area contributed by atoms with E-state index in [9.17, 15) is 0 Å². The zero-order valence-electron chi connectivity index (χ0n) is 7.33. The van der Waals surface area contributed by atoms with Gasteiger partial charge in [-0.05, 0) is 24.5 Å². The summed E-state index contributed by atoms with van der Waals surface area (Å²) < 4.78 is 0. The maximum atomic E-state index is 4.39. The van der Waals surface area contributed by atoms with Crippen LogP contribution in [-0.2, 0) is 0 Å². The molecule has 0 saturated heterocycles. The molecule has 3 aliphatic heterocycles. The minimum absolute atomic E-state index is 0.0457. The van der Waals surface area contributed by atoms with Gasteiger partial charge in [0.2, 0.25) is 0 Å². The number of rotatable bonds is 0. The second kappa shape index (κ2) is 2.55. The normalized spacial score (nSPS) is 29.5. The van der Waals surface area contributed by atoms with Crippen molar-refractivity contribution in [3.8, 4) is 0 Å². The summed E-state index contributed by atoms with van der Waals surface area (Å²) >= 11 is 0. The Balaban J connectivity index is 2.07. The van der Waals surface area contributed by atoms with Crippen molar-refractivity contribution >= 4 is 12.4 Å². The molecule has 1 atom stereocenters. The van der Waals surface area contributed by atoms with Crippen molar-refractivity contribution in [3.63, 3.8) is 0 Å². The molecule has 0 aliphatic carbocycles. The molecule has 3 heteroatoms. The number of fused-ring (bicyclic) bond motifs is 2. The van der Waals surface area contributed by atoms with E-state index in [1.165, 1.54) is 23.3 Å². The van der Waals surface area contributed by atoms with Crippen LogP contribution in [-0.4, -0.2) is 25.1 Å². The molecular formula is C10H11N3. The smallest absolute Gasteiger partial charge is 0.167 e. The topological polar surface area (TPSA) is 36.8 Å². The summed E-state index contributed by atoms with van der Waals surface area (Å²) in [5, 5.41) is 3.43. The first kappa shape index (κ1) is 7.06. The standard InChI is InChI=1S/C10H11N3/c1-2-7-6-13-10-8(3-5-12-10)9(7)11-4-1/h3,5-6,10-11H,1-2,4H2. The highest BCUT2D eigenvalue weighted by Gasteiger charge is 2.25. The van der Waals surface area contributed by atoms with Gasteiger partial charge in [-0.2, -0.15) is 0 Å². The molecule has 0 saturated carbocycles. The van der Waals surface area contributed by atoms with Crippen LogP contribution in [0.25, 0.3) is 0 Å². The zero-order chi connectivity index (χ0) is 8.67. The predicted molar refractivity (Wildman–Crippen MR) is 53.1 cm³/mol. The van der Waals surface area contributed by atoms with Gasteiger partial charge in [-0.25, -0.2) is 0 Å². The van der Waals surface area contributed by atoms with Gasteiger partial charge in [0, 0.05) is 30.2 Å². The number of nitrogens with one attached hydrogen (secondary N) is 1. The molecule has 0 amide bonds. The Morgan fingerprint density at radius 1 is 1.38 bits per heavy atom. The van der Waals surface area contributed by atoms with Crippen LogP contribution in [0.3, 0.4) is 0 Å². The molecule has 3 heterocycles. The van der Waals surface area contributed by atoms with Crippen LogP contribution >= 0.6 is 0 Å². The number of nitrogens with zero attached hydrogens (tertiary/aromatic N) is 2. The molecule has 1 unspecified atom stereocenters. The van der Waals surface area contributed by atoms with Gasteiger partial charge in [0.05, 0.1) is 0 Å². The van der Waals surface area contributed by atoms with Crippen LogP contribution in [0.15, 0.2) is 32.9 Å². The second-order valence-electron chi connectivity index (χ2n) is 3.50. The summed E-state index contributed by atoms with van der Waals surface area (Å²) in [6, 6.07) is 0. The van der Waals surface area contributed by atoms with E-state index >= 15 is 0 Å². The van der Waals surface area contributed by atoms with Crippen molar-refractivity contribution in [2.45, 2.75) is 19.0 Å². The third-order valence-electron chi connectivity index (χ3n) is 2.67. The number of aliphatic imine (C=N–C) groups is 2. The summed E-state index contributed by atoms with van der Waals surface area (Å²) in [6.45, 7) is 1.08. The van der Waals surface area contributed by atoms with Gasteiger partial charge < -0.3 is 5.32 Å². The number of hydrogen-bond acceptors (Lipinski definition) is 3. The molecule has 3 rings (SSSR count). The number of hydrogen-bond donors (Lipinski definition) is 1. The van der Waals surface area contributed by atoms with E-state index in [1.807, 2.05) is 12.4 Å². The van der Waals surface area contributed by atoms with Gasteiger partial charge >= 0.3 is 0 Å². The quantitative estimate of drug-likeness (QED) is 0.584. The number of dihydropyridines is 1. The Morgan fingerprint density at radius 3 is 3.38 bits per heavy atom. The van der Waals surface area contributed by atoms with Crippen LogP contribution in [0, 0.1) is 0 Å². The van der Waals surface area contributed by atoms with Crippen molar-refractivity contribution in [2.75, 3.05) is 6.54 Å². The van der Waals surface area contributed by atoms with Crippen LogP contribution in [0.5, 0.6) is 0 Å². The fourth-order valence-electron chi connectivity index (χ4n) is 2.01. The van der Waals surface area contributed by atoms with Crippen LogP contribution in [0.4, 0.5) is 0 Å². The van der Waals surface area contributed by atoms with E-state index in [4.69, 9.17) is 0 Å². The molecule has 0 radical (unpaired) electrons. The highest BCUT2D eigenvalue weighted by molar-refractivity contribution is 5.87. The van der Waals surface area contributed by atoms with E-state index in [0.29, 0.717) is 0 Å². The minimum Gasteiger partial charge on any atom is -0.384 e. The van der Waals surface area contributed by atoms with Gasteiger partial charge in [0.1, 0.15) is 0 Å². The Morgan fingerprint density at radius 2 is 2.38 bits per heavy atom. The summed E-state index contributed by atoms with van der Waals surface area (Å²) in [5.41, 5.74) is 3.88. The van der Waals surface area contributed by atoms with Crippen LogP contribution in [0.2, 0.25) is 0 Å². The molecule has 0 aromatic rings. The monoisotopic (exact) mass is 173 g/mol. The second-order valence-corrected chi connectivity index (χ2v) is 3.50. The Kier molecular flexibility index (Phi) is 1.39. The summed E-state index contributed by atoms with van der Waals surface area (Å²) in [7, 11) is 0. The Bertz CT molecular complexity index is 360. The summed E-state index contributed by atoms with van der Waals surface area (Å²) in [4.78, 5) is 8.65. The van der Waals surface area contributed by atoms with Crippen molar-refractivity contribution in [1.29, 1.82) is 0 Å². The zero-order valence-corrected chi connectivity index (χ0v) is 7.33. The van der Waals surface area contributed by atoms with Gasteiger partial charge in [0.25, 0.3) is 0 Å². The molecular weight excluding hydrogens is 162 g/mol. The molecule has 3 aliphatic rings. The fraction of sp³-hybridized carbons (Fsp3) is 0.400. The van der Waals surface area contributed by atoms with E-state index in [1.54, 1.807) is 0 Å². The molecule has 13 heavy (non-hydrogen) atoms. The first-order valence-corrected chi connectivity index (χ1v) is 4.69. The molecule has 0 aromatic carbocycles. The van der Waals surface area contributed by atoms with Gasteiger partial charge in [-0.15, -0.1) is 0 Å². The van der Waals surface area contributed by atoms with Crippen molar-refractivity contribution in [1.82, 2.24) is 5.32 Å². The molecule has 66 valence electrons. The Hall–Kier alpha value is -1.38. The van der Waals surface area contributed by atoms with Gasteiger partial charge in [-0.3, -0.25) is 9.98 Å². The Labute approximate surface area is 77.0 Å². The van der Waals surface area contributed by atoms with E-state index in [0.717, 1.165) is 13.0 Å². The van der Waals surface area contributed by atoms with Crippen LogP contribution in [0.1, 0.15) is 12.8 Å². The van der Waals surface area contributed by atoms with Crippen LogP contribution < -0.4 is 5.32 Å². The highest BCUT2D eigenvalue weighted by Crippen LogP contribution is 2.29. The third kappa shape index (κ3) is 0.963. The average Bonchev–Trinajstić information content (AvgIpc) is 2.65. The predicted octanol–water partition coefficient (Wildman–Crippen LogP) is 1.05. The maximum absolute atomic E-state index is 4.39. The molecule has 0 fully saturated rings. The summed E-state index contributed by atoms with van der Waals surface area (Å²) in [6.07, 6.45) is 8.30. The first-order valence-electron chi connectivity index (χ1n) is 4.69. The lowest BCUT2D eigenvalue weighted by molar-refractivity contribution is 0.659. The third-order valence-corrected chi connectivity index (χ3v) is 2.67. The number of allylic oxidation sites excluding steroid dienone is 2.